The lowest BCUT2D eigenvalue weighted by atomic mass is 10.0. The number of hydrogen-bond donors (Lipinski definition) is 1. The van der Waals surface area contributed by atoms with Crippen LogP contribution in [0.2, 0.25) is 0 Å². The highest BCUT2D eigenvalue weighted by Crippen LogP contribution is 2.31. The van der Waals surface area contributed by atoms with Crippen LogP contribution in [0.5, 0.6) is 5.75 Å². The normalized spacial score (nSPS) is 14.8. The highest BCUT2D eigenvalue weighted by molar-refractivity contribution is 5.70. The molecule has 2 aromatic carbocycles. The number of hydrogen-bond acceptors (Lipinski definition) is 4. The van der Waals surface area contributed by atoms with Crippen molar-refractivity contribution in [1.29, 1.82) is 0 Å². The zero-order valence-corrected chi connectivity index (χ0v) is 15.8. The summed E-state index contributed by atoms with van der Waals surface area (Å²) < 4.78 is 19.9. The van der Waals surface area contributed by atoms with Crippen LogP contribution in [0.15, 0.2) is 67.0 Å². The van der Waals surface area contributed by atoms with Gasteiger partial charge in [0.1, 0.15) is 18.2 Å². The van der Waals surface area contributed by atoms with Crippen molar-refractivity contribution in [2.24, 2.45) is 0 Å². The van der Waals surface area contributed by atoms with Crippen molar-refractivity contribution < 1.29 is 9.13 Å². The number of nitrogens with one attached hydrogen (secondary N) is 1. The van der Waals surface area contributed by atoms with Crippen LogP contribution >= 0.6 is 0 Å². The van der Waals surface area contributed by atoms with E-state index in [4.69, 9.17) is 4.74 Å². The van der Waals surface area contributed by atoms with Gasteiger partial charge in [-0.15, -0.1) is 0 Å². The van der Waals surface area contributed by atoms with Gasteiger partial charge in [0.15, 0.2) is 0 Å². The Hall–Kier alpha value is -2.76. The Kier molecular flexibility index (Phi) is 5.95. The molecule has 4 rings (SSSR count). The van der Waals surface area contributed by atoms with Gasteiger partial charge in [-0.1, -0.05) is 24.3 Å². The lowest BCUT2D eigenvalue weighted by molar-refractivity contribution is 0.233. The first-order valence-electron chi connectivity index (χ1n) is 9.61. The predicted octanol–water partition coefficient (Wildman–Crippen LogP) is 3.87. The average Bonchev–Trinajstić information content (AvgIpc) is 2.75. The van der Waals surface area contributed by atoms with Crippen LogP contribution in [0.3, 0.4) is 0 Å². The largest absolute Gasteiger partial charge is 0.488 e. The first-order chi connectivity index (χ1) is 13.8. The van der Waals surface area contributed by atoms with Crippen LogP contribution in [0.1, 0.15) is 11.1 Å². The predicted molar refractivity (Wildman–Crippen MR) is 109 cm³/mol. The topological polar surface area (TPSA) is 37.4 Å². The quantitative estimate of drug-likeness (QED) is 0.708. The molecule has 5 heteroatoms. The molecule has 0 amide bonds. The summed E-state index contributed by atoms with van der Waals surface area (Å²) in [6.45, 7) is 5.58. The standard InChI is InChI=1S/C23H24FN3O/c24-21-5-6-23(28-17-19-7-9-25-10-8-19)22(15-21)20-3-1-18(2-4-20)16-27-13-11-26-12-14-27/h1-10,15,26H,11-14,16-17H2. The molecule has 0 spiro atoms. The molecular weight excluding hydrogens is 353 g/mol. The smallest absolute Gasteiger partial charge is 0.127 e. The summed E-state index contributed by atoms with van der Waals surface area (Å²) in [5, 5.41) is 3.37. The zero-order chi connectivity index (χ0) is 19.2. The SMILES string of the molecule is Fc1ccc(OCc2ccncc2)c(-c2ccc(CN3CCNCC3)cc2)c1. The van der Waals surface area contributed by atoms with Crippen LogP contribution in [-0.2, 0) is 13.2 Å². The highest BCUT2D eigenvalue weighted by Gasteiger charge is 2.12. The maximum atomic E-state index is 13.9. The van der Waals surface area contributed by atoms with Crippen molar-refractivity contribution in [1.82, 2.24) is 15.2 Å². The Bertz CT molecular complexity index is 893. The summed E-state index contributed by atoms with van der Waals surface area (Å²) in [5.74, 6) is 0.407. The maximum absolute atomic E-state index is 13.9. The van der Waals surface area contributed by atoms with Gasteiger partial charge >= 0.3 is 0 Å². The average molecular weight is 377 g/mol. The Labute approximate surface area is 165 Å². The number of rotatable bonds is 6. The molecule has 1 aromatic heterocycles. The summed E-state index contributed by atoms with van der Waals surface area (Å²) in [5.41, 5.74) is 4.01. The number of piperazine rings is 1. The van der Waals surface area contributed by atoms with Crippen LogP contribution in [0.25, 0.3) is 11.1 Å². The Balaban J connectivity index is 1.50. The number of aromatic nitrogens is 1. The van der Waals surface area contributed by atoms with E-state index in [0.29, 0.717) is 12.4 Å². The van der Waals surface area contributed by atoms with E-state index in [9.17, 15) is 4.39 Å². The molecule has 0 atom stereocenters. The van der Waals surface area contributed by atoms with Crippen LogP contribution < -0.4 is 10.1 Å². The minimum atomic E-state index is -0.267. The van der Waals surface area contributed by atoms with E-state index in [0.717, 1.165) is 49.4 Å². The molecular formula is C23H24FN3O. The van der Waals surface area contributed by atoms with Gasteiger partial charge in [-0.2, -0.15) is 0 Å². The van der Waals surface area contributed by atoms with E-state index in [1.54, 1.807) is 18.5 Å². The van der Waals surface area contributed by atoms with E-state index in [1.807, 2.05) is 24.3 Å². The molecule has 1 N–H and O–H groups in total. The molecule has 0 bridgehead atoms. The second-order valence-electron chi connectivity index (χ2n) is 7.01. The third-order valence-corrected chi connectivity index (χ3v) is 4.97. The molecule has 0 saturated carbocycles. The fourth-order valence-corrected chi connectivity index (χ4v) is 3.41. The number of pyridine rings is 1. The van der Waals surface area contributed by atoms with Crippen molar-refractivity contribution in [3.05, 3.63) is 83.9 Å². The van der Waals surface area contributed by atoms with E-state index in [-0.39, 0.29) is 5.82 Å². The van der Waals surface area contributed by atoms with Crippen LogP contribution in [-0.4, -0.2) is 36.1 Å². The van der Waals surface area contributed by atoms with Crippen LogP contribution in [0.4, 0.5) is 4.39 Å². The first kappa shape index (κ1) is 18.6. The summed E-state index contributed by atoms with van der Waals surface area (Å²) in [6.07, 6.45) is 3.47. The van der Waals surface area contributed by atoms with Crippen molar-refractivity contribution in [3.63, 3.8) is 0 Å². The van der Waals surface area contributed by atoms with Crippen molar-refractivity contribution in [2.75, 3.05) is 26.2 Å². The molecule has 1 aliphatic heterocycles. The van der Waals surface area contributed by atoms with Gasteiger partial charge in [0.25, 0.3) is 0 Å². The van der Waals surface area contributed by atoms with E-state index in [2.05, 4.69) is 27.3 Å². The van der Waals surface area contributed by atoms with Crippen molar-refractivity contribution >= 4 is 0 Å². The van der Waals surface area contributed by atoms with E-state index >= 15 is 0 Å². The van der Waals surface area contributed by atoms with Gasteiger partial charge in [-0.25, -0.2) is 4.39 Å². The monoisotopic (exact) mass is 377 g/mol. The number of benzene rings is 2. The minimum Gasteiger partial charge on any atom is -0.488 e. The minimum absolute atomic E-state index is 0.267. The Morgan fingerprint density at radius 1 is 0.929 bits per heavy atom. The van der Waals surface area contributed by atoms with Gasteiger partial charge in [0.2, 0.25) is 0 Å². The summed E-state index contributed by atoms with van der Waals surface area (Å²) in [7, 11) is 0. The Morgan fingerprint density at radius 2 is 1.68 bits per heavy atom. The zero-order valence-electron chi connectivity index (χ0n) is 15.8. The van der Waals surface area contributed by atoms with Crippen molar-refractivity contribution in [3.8, 4) is 16.9 Å². The first-order valence-corrected chi connectivity index (χ1v) is 9.61. The van der Waals surface area contributed by atoms with Crippen molar-refractivity contribution in [2.45, 2.75) is 13.2 Å². The lowest BCUT2D eigenvalue weighted by Gasteiger charge is -2.27. The molecule has 1 fully saturated rings. The van der Waals surface area contributed by atoms with Gasteiger partial charge in [0, 0.05) is 50.7 Å². The van der Waals surface area contributed by atoms with Gasteiger partial charge in [-0.3, -0.25) is 9.88 Å². The third kappa shape index (κ3) is 4.74. The summed E-state index contributed by atoms with van der Waals surface area (Å²) >= 11 is 0. The Morgan fingerprint density at radius 3 is 2.43 bits per heavy atom. The van der Waals surface area contributed by atoms with Gasteiger partial charge in [0.05, 0.1) is 0 Å². The highest BCUT2D eigenvalue weighted by atomic mass is 19.1. The fourth-order valence-electron chi connectivity index (χ4n) is 3.41. The number of nitrogens with zero attached hydrogens (tertiary/aromatic N) is 2. The van der Waals surface area contributed by atoms with Gasteiger partial charge in [-0.05, 0) is 47.0 Å². The van der Waals surface area contributed by atoms with Crippen LogP contribution in [0, 0.1) is 5.82 Å². The molecule has 0 aliphatic carbocycles. The molecule has 144 valence electrons. The fraction of sp³-hybridized carbons (Fsp3) is 0.261. The van der Waals surface area contributed by atoms with E-state index < -0.39 is 0 Å². The lowest BCUT2D eigenvalue weighted by Crippen LogP contribution is -2.42. The van der Waals surface area contributed by atoms with E-state index in [1.165, 1.54) is 17.7 Å². The molecule has 0 radical (unpaired) electrons. The molecule has 2 heterocycles. The molecule has 3 aromatic rings. The summed E-state index contributed by atoms with van der Waals surface area (Å²) in [6, 6.07) is 16.8. The second-order valence-corrected chi connectivity index (χ2v) is 7.01. The third-order valence-electron chi connectivity index (χ3n) is 4.97. The van der Waals surface area contributed by atoms with Gasteiger partial charge < -0.3 is 10.1 Å². The molecule has 28 heavy (non-hydrogen) atoms. The molecule has 1 aliphatic rings. The number of ether oxygens (including phenoxy) is 1. The molecule has 1 saturated heterocycles. The second kappa shape index (κ2) is 8.95. The molecule has 0 unspecified atom stereocenters. The maximum Gasteiger partial charge on any atom is 0.127 e. The number of halogens is 1. The summed E-state index contributed by atoms with van der Waals surface area (Å²) in [4.78, 5) is 6.46. The molecule has 4 nitrogen and oxygen atoms in total.